The zero-order valence-electron chi connectivity index (χ0n) is 12.0. The molecule has 0 saturated carbocycles. The molecule has 1 saturated heterocycles. The summed E-state index contributed by atoms with van der Waals surface area (Å²) in [4.78, 5) is 25.3. The molecule has 0 spiro atoms. The fourth-order valence-corrected chi connectivity index (χ4v) is 2.43. The lowest BCUT2D eigenvalue weighted by molar-refractivity contribution is -0.141. The van der Waals surface area contributed by atoms with Crippen LogP contribution in [-0.2, 0) is 6.18 Å². The number of alkyl halides is 3. The van der Waals surface area contributed by atoms with Crippen LogP contribution >= 0.6 is 0 Å². The molecular formula is C14H14F3N5O. The van der Waals surface area contributed by atoms with Crippen molar-refractivity contribution in [3.63, 3.8) is 0 Å². The van der Waals surface area contributed by atoms with Gasteiger partial charge in [-0.15, -0.1) is 0 Å². The van der Waals surface area contributed by atoms with Gasteiger partial charge in [-0.3, -0.25) is 9.78 Å². The Bertz CT molecular complexity index is 723. The molecule has 2 aromatic rings. The fraction of sp³-hybridized carbons (Fsp3) is 0.357. The van der Waals surface area contributed by atoms with Gasteiger partial charge in [0, 0.05) is 38.4 Å². The number of rotatable bonds is 2. The highest BCUT2D eigenvalue weighted by Crippen LogP contribution is 2.27. The lowest BCUT2D eigenvalue weighted by Crippen LogP contribution is -2.47. The summed E-state index contributed by atoms with van der Waals surface area (Å²) in [6.45, 7) is 2.05. The van der Waals surface area contributed by atoms with Crippen LogP contribution in [0.25, 0.3) is 0 Å². The Hall–Kier alpha value is -2.58. The monoisotopic (exact) mass is 325 g/mol. The smallest absolute Gasteiger partial charge is 0.353 e. The molecule has 0 aliphatic carbocycles. The van der Waals surface area contributed by atoms with E-state index in [4.69, 9.17) is 0 Å². The average Bonchev–Trinajstić information content (AvgIpc) is 2.54. The second-order valence-corrected chi connectivity index (χ2v) is 5.11. The molecule has 2 aromatic heterocycles. The lowest BCUT2D eigenvalue weighted by Gasteiger charge is -2.35. The van der Waals surface area contributed by atoms with Gasteiger partial charge in [-0.25, -0.2) is 9.97 Å². The topological polar surface area (TPSA) is 65.1 Å². The van der Waals surface area contributed by atoms with Crippen molar-refractivity contribution in [1.29, 1.82) is 0 Å². The van der Waals surface area contributed by atoms with E-state index >= 15 is 0 Å². The normalized spacial score (nSPS) is 15.8. The molecule has 3 heterocycles. The Morgan fingerprint density at radius 1 is 1.09 bits per heavy atom. The Morgan fingerprint density at radius 2 is 1.78 bits per heavy atom. The summed E-state index contributed by atoms with van der Waals surface area (Å²) < 4.78 is 38.2. The van der Waals surface area contributed by atoms with Crippen LogP contribution in [0.2, 0.25) is 0 Å². The Labute approximate surface area is 129 Å². The van der Waals surface area contributed by atoms with E-state index in [-0.39, 0.29) is 5.95 Å². The number of halogens is 3. The molecule has 0 aromatic carbocycles. The van der Waals surface area contributed by atoms with Gasteiger partial charge >= 0.3 is 6.18 Å². The van der Waals surface area contributed by atoms with E-state index in [1.54, 1.807) is 11.1 Å². The molecule has 1 aliphatic rings. The summed E-state index contributed by atoms with van der Waals surface area (Å²) in [5, 5.41) is 0. The molecule has 122 valence electrons. The third-order valence-corrected chi connectivity index (χ3v) is 3.57. The predicted molar refractivity (Wildman–Crippen MR) is 78.5 cm³/mol. The van der Waals surface area contributed by atoms with E-state index in [1.807, 2.05) is 23.1 Å². The van der Waals surface area contributed by atoms with Gasteiger partial charge in [0.05, 0.1) is 0 Å². The third-order valence-electron chi connectivity index (χ3n) is 3.57. The fourth-order valence-electron chi connectivity index (χ4n) is 2.43. The molecule has 0 amide bonds. The first-order valence-corrected chi connectivity index (χ1v) is 7.03. The molecule has 1 N–H and O–H groups in total. The van der Waals surface area contributed by atoms with E-state index in [0.717, 1.165) is 5.82 Å². The van der Waals surface area contributed by atoms with Gasteiger partial charge in [0.2, 0.25) is 5.95 Å². The van der Waals surface area contributed by atoms with Crippen molar-refractivity contribution in [3.8, 4) is 0 Å². The average molecular weight is 325 g/mol. The van der Waals surface area contributed by atoms with Crippen LogP contribution in [0.1, 0.15) is 5.69 Å². The van der Waals surface area contributed by atoms with Gasteiger partial charge < -0.3 is 9.80 Å². The molecular weight excluding hydrogens is 311 g/mol. The number of piperazine rings is 1. The van der Waals surface area contributed by atoms with Gasteiger partial charge in [-0.05, 0) is 12.1 Å². The molecule has 0 unspecified atom stereocenters. The molecule has 3 rings (SSSR count). The zero-order valence-corrected chi connectivity index (χ0v) is 12.0. The first kappa shape index (κ1) is 15.3. The van der Waals surface area contributed by atoms with E-state index in [1.165, 1.54) is 0 Å². The molecule has 1 aliphatic heterocycles. The van der Waals surface area contributed by atoms with Crippen LogP contribution in [-0.4, -0.2) is 41.1 Å². The van der Waals surface area contributed by atoms with E-state index in [2.05, 4.69) is 15.0 Å². The zero-order chi connectivity index (χ0) is 16.4. The number of H-pyrrole nitrogens is 1. The van der Waals surface area contributed by atoms with E-state index in [9.17, 15) is 18.0 Å². The molecule has 0 radical (unpaired) electrons. The minimum atomic E-state index is -4.64. The maximum atomic E-state index is 12.7. The van der Waals surface area contributed by atoms with Gasteiger partial charge in [-0.2, -0.15) is 13.2 Å². The number of hydrogen-bond donors (Lipinski definition) is 1. The molecule has 0 bridgehead atoms. The Kier molecular flexibility index (Phi) is 3.93. The van der Waals surface area contributed by atoms with Crippen LogP contribution < -0.4 is 15.4 Å². The van der Waals surface area contributed by atoms with Crippen LogP contribution in [0.3, 0.4) is 0 Å². The number of nitrogens with one attached hydrogen (secondary N) is 1. The quantitative estimate of drug-likeness (QED) is 0.907. The number of pyridine rings is 1. The van der Waals surface area contributed by atoms with Gasteiger partial charge in [0.25, 0.3) is 5.56 Å². The van der Waals surface area contributed by atoms with Gasteiger partial charge in [0.15, 0.2) is 5.69 Å². The second-order valence-electron chi connectivity index (χ2n) is 5.11. The third kappa shape index (κ3) is 3.43. The van der Waals surface area contributed by atoms with Crippen molar-refractivity contribution in [2.75, 3.05) is 36.0 Å². The summed E-state index contributed by atoms with van der Waals surface area (Å²) >= 11 is 0. The van der Waals surface area contributed by atoms with E-state index < -0.39 is 17.4 Å². The molecule has 9 heteroatoms. The molecule has 0 atom stereocenters. The second kappa shape index (κ2) is 5.90. The van der Waals surface area contributed by atoms with Crippen molar-refractivity contribution in [1.82, 2.24) is 15.0 Å². The Balaban J connectivity index is 1.75. The highest BCUT2D eigenvalue weighted by Gasteiger charge is 2.34. The first-order chi connectivity index (χ1) is 10.9. The lowest BCUT2D eigenvalue weighted by atomic mass is 10.3. The number of nitrogens with zero attached hydrogens (tertiary/aromatic N) is 4. The van der Waals surface area contributed by atoms with E-state index in [0.29, 0.717) is 32.2 Å². The predicted octanol–water partition coefficient (Wildman–Crippen LogP) is 1.51. The van der Waals surface area contributed by atoms with Crippen molar-refractivity contribution in [2.45, 2.75) is 6.18 Å². The summed E-state index contributed by atoms with van der Waals surface area (Å²) in [6, 6.07) is 6.03. The maximum absolute atomic E-state index is 12.7. The summed E-state index contributed by atoms with van der Waals surface area (Å²) in [6.07, 6.45) is -2.95. The van der Waals surface area contributed by atoms with Crippen molar-refractivity contribution in [2.24, 2.45) is 0 Å². The molecule has 23 heavy (non-hydrogen) atoms. The molecule has 1 fully saturated rings. The van der Waals surface area contributed by atoms with Gasteiger partial charge in [0.1, 0.15) is 5.82 Å². The summed E-state index contributed by atoms with van der Waals surface area (Å²) in [5.41, 5.74) is -1.99. The summed E-state index contributed by atoms with van der Waals surface area (Å²) in [7, 11) is 0. The van der Waals surface area contributed by atoms with Crippen molar-refractivity contribution < 1.29 is 13.2 Å². The SMILES string of the molecule is O=c1cc(C(F)(F)F)nc(N2CCN(c3ccccn3)CC2)[nH]1. The van der Waals surface area contributed by atoms with Crippen LogP contribution in [0.5, 0.6) is 0 Å². The Morgan fingerprint density at radius 3 is 2.39 bits per heavy atom. The molecule has 6 nitrogen and oxygen atoms in total. The highest BCUT2D eigenvalue weighted by atomic mass is 19.4. The number of hydrogen-bond acceptors (Lipinski definition) is 5. The first-order valence-electron chi connectivity index (χ1n) is 7.03. The van der Waals surface area contributed by atoms with Crippen molar-refractivity contribution in [3.05, 3.63) is 46.5 Å². The van der Waals surface area contributed by atoms with Crippen LogP contribution in [0.4, 0.5) is 24.9 Å². The maximum Gasteiger partial charge on any atom is 0.433 e. The van der Waals surface area contributed by atoms with Crippen LogP contribution in [0, 0.1) is 0 Å². The van der Waals surface area contributed by atoms with Crippen molar-refractivity contribution >= 4 is 11.8 Å². The number of aromatic nitrogens is 3. The number of anilines is 2. The standard InChI is InChI=1S/C14H14F3N5O/c15-14(16,17)10-9-12(23)20-13(19-10)22-7-5-21(6-8-22)11-3-1-2-4-18-11/h1-4,9H,5-8H2,(H,19,20,23). The van der Waals surface area contributed by atoms with Gasteiger partial charge in [-0.1, -0.05) is 6.07 Å². The minimum Gasteiger partial charge on any atom is -0.353 e. The number of aromatic amines is 1. The summed E-state index contributed by atoms with van der Waals surface area (Å²) in [5.74, 6) is 0.767. The highest BCUT2D eigenvalue weighted by molar-refractivity contribution is 5.42. The minimum absolute atomic E-state index is 0.0505. The van der Waals surface area contributed by atoms with Crippen LogP contribution in [0.15, 0.2) is 35.3 Å². The largest absolute Gasteiger partial charge is 0.433 e.